The minimum atomic E-state index is -3.54. The van der Waals surface area contributed by atoms with Crippen LogP contribution in [0.1, 0.15) is 19.4 Å². The second-order valence-corrected chi connectivity index (χ2v) is 8.63. The van der Waals surface area contributed by atoms with Crippen molar-refractivity contribution in [2.45, 2.75) is 36.6 Å². The summed E-state index contributed by atoms with van der Waals surface area (Å²) in [5, 5.41) is 9.64. The number of hydrogen-bond donors (Lipinski definition) is 1. The number of sulfonamides is 1. The molecule has 20 heavy (non-hydrogen) atoms. The molecule has 1 aromatic rings. The molecule has 0 aromatic heterocycles. The average Bonchev–Trinajstić information content (AvgIpc) is 2.41. The zero-order chi connectivity index (χ0) is 14.9. The fourth-order valence-corrected chi connectivity index (χ4v) is 5.52. The third kappa shape index (κ3) is 2.99. The van der Waals surface area contributed by atoms with Gasteiger partial charge in [0.1, 0.15) is 0 Å². The highest BCUT2D eigenvalue weighted by molar-refractivity contribution is 8.00. The molecule has 1 aliphatic heterocycles. The van der Waals surface area contributed by atoms with Gasteiger partial charge < -0.3 is 5.11 Å². The van der Waals surface area contributed by atoms with Crippen molar-refractivity contribution in [2.75, 3.05) is 12.3 Å². The number of aliphatic hydroxyl groups is 1. The molecule has 1 aliphatic rings. The van der Waals surface area contributed by atoms with Crippen molar-refractivity contribution < 1.29 is 13.5 Å². The summed E-state index contributed by atoms with van der Waals surface area (Å²) in [6.45, 7) is 4.28. The Morgan fingerprint density at radius 1 is 1.45 bits per heavy atom. The second kappa shape index (κ2) is 6.23. The normalized spacial score (nSPS) is 24.8. The molecule has 0 aliphatic carbocycles. The van der Waals surface area contributed by atoms with Crippen LogP contribution in [0.3, 0.4) is 0 Å². The SMILES string of the molecule is CC1SCCN(S(=O)(=O)c2ccc(CO)c(Cl)c2)C1C. The summed E-state index contributed by atoms with van der Waals surface area (Å²) in [6, 6.07) is 4.44. The minimum absolute atomic E-state index is 0.0463. The van der Waals surface area contributed by atoms with Crippen LogP contribution in [0.5, 0.6) is 0 Å². The van der Waals surface area contributed by atoms with E-state index in [2.05, 4.69) is 0 Å². The van der Waals surface area contributed by atoms with Crippen molar-refractivity contribution in [3.05, 3.63) is 28.8 Å². The number of hydrogen-bond acceptors (Lipinski definition) is 4. The van der Waals surface area contributed by atoms with Gasteiger partial charge in [-0.1, -0.05) is 24.6 Å². The molecule has 1 fully saturated rings. The average molecular weight is 336 g/mol. The number of halogens is 1. The molecule has 2 unspecified atom stereocenters. The first-order chi connectivity index (χ1) is 9.37. The van der Waals surface area contributed by atoms with Crippen LogP contribution in [0.25, 0.3) is 0 Å². The zero-order valence-corrected chi connectivity index (χ0v) is 13.8. The molecule has 0 bridgehead atoms. The summed E-state index contributed by atoms with van der Waals surface area (Å²) in [5.74, 6) is 0.799. The molecule has 2 atom stereocenters. The van der Waals surface area contributed by atoms with E-state index in [1.807, 2.05) is 13.8 Å². The van der Waals surface area contributed by atoms with Crippen LogP contribution in [0.4, 0.5) is 0 Å². The number of benzene rings is 1. The first-order valence-electron chi connectivity index (χ1n) is 6.40. The van der Waals surface area contributed by atoms with Crippen LogP contribution in [0, 0.1) is 0 Å². The Hall–Kier alpha value is -0.270. The lowest BCUT2D eigenvalue weighted by molar-refractivity contribution is 0.282. The van der Waals surface area contributed by atoms with E-state index < -0.39 is 10.0 Å². The summed E-state index contributed by atoms with van der Waals surface area (Å²) in [6.07, 6.45) is 0. The van der Waals surface area contributed by atoms with Gasteiger partial charge in [0.25, 0.3) is 0 Å². The van der Waals surface area contributed by atoms with Crippen molar-refractivity contribution in [3.8, 4) is 0 Å². The highest BCUT2D eigenvalue weighted by Crippen LogP contribution is 2.30. The van der Waals surface area contributed by atoms with Crippen LogP contribution in [0.15, 0.2) is 23.1 Å². The fraction of sp³-hybridized carbons (Fsp3) is 0.538. The fourth-order valence-electron chi connectivity index (χ4n) is 2.20. The van der Waals surface area contributed by atoms with E-state index in [9.17, 15) is 8.42 Å². The Labute approximate surface area is 129 Å². The topological polar surface area (TPSA) is 57.6 Å². The summed E-state index contributed by atoms with van der Waals surface area (Å²) in [7, 11) is -3.54. The molecule has 0 radical (unpaired) electrons. The molecular formula is C13H18ClNO3S2. The van der Waals surface area contributed by atoms with Gasteiger partial charge >= 0.3 is 0 Å². The van der Waals surface area contributed by atoms with Crippen LogP contribution in [0.2, 0.25) is 5.02 Å². The third-order valence-corrected chi connectivity index (χ3v) is 7.30. The van der Waals surface area contributed by atoms with Crippen LogP contribution in [-0.2, 0) is 16.6 Å². The smallest absolute Gasteiger partial charge is 0.243 e. The van der Waals surface area contributed by atoms with Crippen molar-refractivity contribution in [1.82, 2.24) is 4.31 Å². The van der Waals surface area contributed by atoms with Crippen molar-refractivity contribution in [3.63, 3.8) is 0 Å². The van der Waals surface area contributed by atoms with Crippen LogP contribution < -0.4 is 0 Å². The largest absolute Gasteiger partial charge is 0.392 e. The molecule has 7 heteroatoms. The second-order valence-electron chi connectivity index (χ2n) is 4.84. The number of thioether (sulfide) groups is 1. The van der Waals surface area contributed by atoms with E-state index in [1.54, 1.807) is 22.1 Å². The van der Waals surface area contributed by atoms with Gasteiger partial charge in [-0.25, -0.2) is 8.42 Å². The maximum Gasteiger partial charge on any atom is 0.243 e. The van der Waals surface area contributed by atoms with E-state index in [1.165, 1.54) is 12.1 Å². The lowest BCUT2D eigenvalue weighted by Crippen LogP contribution is -2.47. The molecule has 2 rings (SSSR count). The van der Waals surface area contributed by atoms with Crippen molar-refractivity contribution >= 4 is 33.4 Å². The third-order valence-electron chi connectivity index (χ3n) is 3.63. The van der Waals surface area contributed by atoms with Crippen LogP contribution in [-0.4, -0.2) is 41.4 Å². The quantitative estimate of drug-likeness (QED) is 0.921. The van der Waals surface area contributed by atoms with Gasteiger partial charge in [-0.3, -0.25) is 0 Å². The van der Waals surface area contributed by atoms with Crippen LogP contribution >= 0.6 is 23.4 Å². The summed E-state index contributed by atoms with van der Waals surface area (Å²) in [4.78, 5) is 0.186. The maximum atomic E-state index is 12.7. The molecular weight excluding hydrogens is 318 g/mol. The van der Waals surface area contributed by atoms with Gasteiger partial charge in [0.2, 0.25) is 10.0 Å². The number of nitrogens with zero attached hydrogens (tertiary/aromatic N) is 1. The highest BCUT2D eigenvalue weighted by Gasteiger charge is 2.35. The van der Waals surface area contributed by atoms with E-state index in [0.29, 0.717) is 12.1 Å². The molecule has 1 heterocycles. The standard InChI is InChI=1S/C13H18ClNO3S2/c1-9-10(2)19-6-5-15(9)20(17,18)12-4-3-11(8-16)13(14)7-12/h3-4,7,9-10,16H,5-6,8H2,1-2H3. The molecule has 1 N–H and O–H groups in total. The van der Waals surface area contributed by atoms with E-state index in [-0.39, 0.29) is 27.8 Å². The Bertz CT molecular complexity index is 591. The predicted molar refractivity (Wildman–Crippen MR) is 82.6 cm³/mol. The first kappa shape index (κ1) is 16.1. The summed E-state index contributed by atoms with van der Waals surface area (Å²) in [5.41, 5.74) is 0.529. The molecule has 1 saturated heterocycles. The van der Waals surface area contributed by atoms with Gasteiger partial charge in [-0.2, -0.15) is 16.1 Å². The van der Waals surface area contributed by atoms with Gasteiger partial charge in [-0.15, -0.1) is 0 Å². The number of aliphatic hydroxyl groups excluding tert-OH is 1. The van der Waals surface area contributed by atoms with Gasteiger partial charge in [0.05, 0.1) is 11.5 Å². The van der Waals surface area contributed by atoms with E-state index >= 15 is 0 Å². The number of rotatable bonds is 3. The Kier molecular flexibility index (Phi) is 5.02. The van der Waals surface area contributed by atoms with Crippen molar-refractivity contribution in [1.29, 1.82) is 0 Å². The van der Waals surface area contributed by atoms with Gasteiger partial charge in [0, 0.05) is 28.6 Å². The zero-order valence-electron chi connectivity index (χ0n) is 11.4. The predicted octanol–water partition coefficient (Wildman–Crippen LogP) is 2.35. The van der Waals surface area contributed by atoms with E-state index in [0.717, 1.165) is 5.75 Å². The molecule has 1 aromatic carbocycles. The van der Waals surface area contributed by atoms with Gasteiger partial charge in [0.15, 0.2) is 0 Å². The van der Waals surface area contributed by atoms with Crippen molar-refractivity contribution in [2.24, 2.45) is 0 Å². The van der Waals surface area contributed by atoms with E-state index in [4.69, 9.17) is 16.7 Å². The Morgan fingerprint density at radius 2 is 2.15 bits per heavy atom. The Balaban J connectivity index is 2.37. The maximum absolute atomic E-state index is 12.7. The summed E-state index contributed by atoms with van der Waals surface area (Å²) < 4.78 is 26.9. The monoisotopic (exact) mass is 335 g/mol. The highest BCUT2D eigenvalue weighted by atomic mass is 35.5. The molecule has 112 valence electrons. The molecule has 0 saturated carbocycles. The Morgan fingerprint density at radius 3 is 2.75 bits per heavy atom. The lowest BCUT2D eigenvalue weighted by Gasteiger charge is -2.36. The first-order valence-corrected chi connectivity index (χ1v) is 9.27. The molecule has 0 spiro atoms. The summed E-state index contributed by atoms with van der Waals surface area (Å²) >= 11 is 7.78. The van der Waals surface area contributed by atoms with Gasteiger partial charge in [-0.05, 0) is 24.6 Å². The minimum Gasteiger partial charge on any atom is -0.392 e. The lowest BCUT2D eigenvalue weighted by atomic mass is 10.2. The molecule has 4 nitrogen and oxygen atoms in total. The molecule has 0 amide bonds.